The van der Waals surface area contributed by atoms with Gasteiger partial charge in [-0.1, -0.05) is 63.0 Å². The van der Waals surface area contributed by atoms with Gasteiger partial charge in [-0.15, -0.1) is 0 Å². The Balaban J connectivity index is 4.16. The van der Waals surface area contributed by atoms with Gasteiger partial charge < -0.3 is 0 Å². The first-order valence-electron chi connectivity index (χ1n) is 8.09. The largest absolute Gasteiger partial charge is 0.411 e. The van der Waals surface area contributed by atoms with Gasteiger partial charge in [-0.05, 0) is 42.1 Å². The van der Waals surface area contributed by atoms with E-state index >= 15 is 0 Å². The molecular weight excluding hydrogens is 354 g/mol. The van der Waals surface area contributed by atoms with Crippen LogP contribution in [0.25, 0.3) is 0 Å². The summed E-state index contributed by atoms with van der Waals surface area (Å²) in [6.45, 7) is 9.79. The average molecular weight is 376 g/mol. The maximum atomic E-state index is 14.0. The lowest BCUT2D eigenvalue weighted by atomic mass is 9.74. The van der Waals surface area contributed by atoms with E-state index in [1.165, 1.54) is 32.1 Å². The van der Waals surface area contributed by atoms with Crippen molar-refractivity contribution in [3.05, 3.63) is 71.4 Å². The molecule has 6 heteroatoms. The highest BCUT2D eigenvalue weighted by Crippen LogP contribution is 2.65. The van der Waals surface area contributed by atoms with Gasteiger partial charge in [0.15, 0.2) is 0 Å². The molecule has 0 heterocycles. The highest BCUT2D eigenvalue weighted by Gasteiger charge is 2.75. The van der Waals surface area contributed by atoms with Crippen molar-refractivity contribution in [3.8, 4) is 0 Å². The summed E-state index contributed by atoms with van der Waals surface area (Å²) in [5.74, 6) is -0.0441. The van der Waals surface area contributed by atoms with Crippen LogP contribution in [0, 0.1) is 11.3 Å². The standard InChI is InChI=1S/C20H22F6/c1-6-9-16-14(8-3)15(12-11-13(4)5)17(10-7-2)18(16,19(21,22)23)20(24,25)26/h6-13H,3H2,1-2,4-5H3/b9-6-,10-7-,12-11-. The zero-order chi connectivity index (χ0) is 20.3. The lowest BCUT2D eigenvalue weighted by molar-refractivity contribution is -0.307. The maximum Gasteiger partial charge on any atom is 0.411 e. The molecule has 26 heavy (non-hydrogen) atoms. The third-order valence-corrected chi connectivity index (χ3v) is 4.05. The zero-order valence-corrected chi connectivity index (χ0v) is 15.1. The Morgan fingerprint density at radius 1 is 0.808 bits per heavy atom. The molecule has 0 atom stereocenters. The number of hydrogen-bond donors (Lipinski definition) is 0. The van der Waals surface area contributed by atoms with E-state index in [4.69, 9.17) is 0 Å². The van der Waals surface area contributed by atoms with E-state index in [-0.39, 0.29) is 17.1 Å². The molecule has 0 aromatic rings. The molecule has 0 spiro atoms. The second kappa shape index (κ2) is 7.72. The fourth-order valence-electron chi connectivity index (χ4n) is 3.06. The van der Waals surface area contributed by atoms with Crippen LogP contribution in [0.2, 0.25) is 0 Å². The second-order valence-corrected chi connectivity index (χ2v) is 6.21. The Kier molecular flexibility index (Phi) is 6.55. The fraction of sp³-hybridized carbons (Fsp3) is 0.400. The van der Waals surface area contributed by atoms with Crippen LogP contribution in [0.5, 0.6) is 0 Å². The molecule has 0 amide bonds. The quantitative estimate of drug-likeness (QED) is 0.443. The van der Waals surface area contributed by atoms with Crippen LogP contribution in [-0.4, -0.2) is 12.4 Å². The van der Waals surface area contributed by atoms with Crippen LogP contribution in [-0.2, 0) is 0 Å². The minimum Gasteiger partial charge on any atom is -0.169 e. The van der Waals surface area contributed by atoms with Gasteiger partial charge in [0.1, 0.15) is 0 Å². The second-order valence-electron chi connectivity index (χ2n) is 6.21. The molecule has 0 bridgehead atoms. The van der Waals surface area contributed by atoms with Crippen LogP contribution in [0.3, 0.4) is 0 Å². The van der Waals surface area contributed by atoms with Gasteiger partial charge >= 0.3 is 12.4 Å². The summed E-state index contributed by atoms with van der Waals surface area (Å²) < 4.78 is 84.2. The number of rotatable bonds is 5. The monoisotopic (exact) mass is 376 g/mol. The summed E-state index contributed by atoms with van der Waals surface area (Å²) >= 11 is 0. The Labute approximate surface area is 150 Å². The first kappa shape index (κ1) is 22.1. The molecule has 0 N–H and O–H groups in total. The molecule has 0 saturated heterocycles. The Bertz CT molecular complexity index is 677. The molecule has 0 fully saturated rings. The first-order chi connectivity index (χ1) is 11.9. The van der Waals surface area contributed by atoms with Gasteiger partial charge in [-0.3, -0.25) is 0 Å². The Morgan fingerprint density at radius 3 is 1.54 bits per heavy atom. The summed E-state index contributed by atoms with van der Waals surface area (Å²) in [7, 11) is 0. The van der Waals surface area contributed by atoms with Gasteiger partial charge in [-0.25, -0.2) is 0 Å². The Hall–Kier alpha value is -1.98. The predicted molar refractivity (Wildman–Crippen MR) is 92.4 cm³/mol. The van der Waals surface area contributed by atoms with E-state index in [1.807, 2.05) is 0 Å². The smallest absolute Gasteiger partial charge is 0.169 e. The summed E-state index contributed by atoms with van der Waals surface area (Å²) in [5, 5.41) is 0. The van der Waals surface area contributed by atoms with E-state index in [0.717, 1.165) is 18.2 Å². The third-order valence-electron chi connectivity index (χ3n) is 4.05. The summed E-state index contributed by atoms with van der Waals surface area (Å²) in [4.78, 5) is 0. The molecule has 0 aromatic carbocycles. The van der Waals surface area contributed by atoms with Crippen LogP contribution in [0.15, 0.2) is 71.4 Å². The number of allylic oxidation sites excluding steroid dienone is 11. The lowest BCUT2D eigenvalue weighted by Crippen LogP contribution is -2.51. The van der Waals surface area contributed by atoms with Crippen molar-refractivity contribution in [2.75, 3.05) is 0 Å². The molecular formula is C20H22F6. The van der Waals surface area contributed by atoms with Crippen molar-refractivity contribution in [2.45, 2.75) is 40.0 Å². The molecule has 0 aliphatic heterocycles. The van der Waals surface area contributed by atoms with Crippen molar-refractivity contribution < 1.29 is 26.3 Å². The van der Waals surface area contributed by atoms with Crippen LogP contribution < -0.4 is 0 Å². The van der Waals surface area contributed by atoms with E-state index in [0.29, 0.717) is 0 Å². The molecule has 0 aromatic heterocycles. The Morgan fingerprint density at radius 2 is 1.23 bits per heavy atom. The maximum absolute atomic E-state index is 14.0. The minimum absolute atomic E-state index is 0.0441. The number of halogens is 6. The van der Waals surface area contributed by atoms with E-state index in [2.05, 4.69) is 6.58 Å². The van der Waals surface area contributed by atoms with Gasteiger partial charge in [0, 0.05) is 0 Å². The highest BCUT2D eigenvalue weighted by atomic mass is 19.4. The summed E-state index contributed by atoms with van der Waals surface area (Å²) in [6, 6.07) is 0. The molecule has 0 unspecified atom stereocenters. The van der Waals surface area contributed by atoms with Crippen molar-refractivity contribution in [2.24, 2.45) is 11.3 Å². The van der Waals surface area contributed by atoms with Crippen LogP contribution in [0.4, 0.5) is 26.3 Å². The number of alkyl halides is 6. The molecule has 1 rings (SSSR count). The van der Waals surface area contributed by atoms with E-state index in [9.17, 15) is 26.3 Å². The van der Waals surface area contributed by atoms with Crippen molar-refractivity contribution in [3.63, 3.8) is 0 Å². The summed E-state index contributed by atoms with van der Waals surface area (Å²) in [5.41, 5.74) is -6.07. The van der Waals surface area contributed by atoms with Crippen molar-refractivity contribution in [1.82, 2.24) is 0 Å². The average Bonchev–Trinajstić information content (AvgIpc) is 2.75. The van der Waals surface area contributed by atoms with Gasteiger partial charge in [0.2, 0.25) is 5.41 Å². The minimum atomic E-state index is -5.57. The van der Waals surface area contributed by atoms with Crippen molar-refractivity contribution in [1.29, 1.82) is 0 Å². The normalized spacial score (nSPS) is 19.2. The molecule has 144 valence electrons. The molecule has 1 aliphatic rings. The third kappa shape index (κ3) is 3.46. The molecule has 0 saturated carbocycles. The van der Waals surface area contributed by atoms with Crippen LogP contribution in [0.1, 0.15) is 27.7 Å². The highest BCUT2D eigenvalue weighted by molar-refractivity contribution is 5.68. The molecule has 0 radical (unpaired) electrons. The molecule has 0 nitrogen and oxygen atoms in total. The van der Waals surface area contributed by atoms with Crippen molar-refractivity contribution >= 4 is 0 Å². The fourth-order valence-corrected chi connectivity index (χ4v) is 3.06. The van der Waals surface area contributed by atoms with Crippen LogP contribution >= 0.6 is 0 Å². The number of hydrogen-bond acceptors (Lipinski definition) is 0. The molecule has 1 aliphatic carbocycles. The summed E-state index contributed by atoms with van der Waals surface area (Å²) in [6.07, 6.45) is -3.08. The zero-order valence-electron chi connectivity index (χ0n) is 15.1. The first-order valence-corrected chi connectivity index (χ1v) is 8.09. The topological polar surface area (TPSA) is 0 Å². The van der Waals surface area contributed by atoms with Gasteiger partial charge in [0.25, 0.3) is 0 Å². The van der Waals surface area contributed by atoms with E-state index < -0.39 is 28.9 Å². The SMILES string of the molecule is C=CC1=C(/C=C\C)C(C(F)(F)F)(C(F)(F)F)C(/C=C\C)=C1/C=C\C(C)C. The van der Waals surface area contributed by atoms with E-state index in [1.54, 1.807) is 19.9 Å². The van der Waals surface area contributed by atoms with Gasteiger partial charge in [-0.2, -0.15) is 26.3 Å². The lowest BCUT2D eigenvalue weighted by Gasteiger charge is -2.37. The van der Waals surface area contributed by atoms with Gasteiger partial charge in [0.05, 0.1) is 0 Å². The predicted octanol–water partition coefficient (Wildman–Crippen LogP) is 7.25.